The van der Waals surface area contributed by atoms with Crippen molar-refractivity contribution in [1.29, 1.82) is 0 Å². The monoisotopic (exact) mass is 455 g/mol. The molecule has 7 heteroatoms. The van der Waals surface area contributed by atoms with Crippen LogP contribution in [-0.2, 0) is 4.79 Å². The number of hydrogen-bond donors (Lipinski definition) is 2. The molecule has 1 aliphatic heterocycles. The molecule has 0 aromatic carbocycles. The van der Waals surface area contributed by atoms with Gasteiger partial charge in [0.25, 0.3) is 5.91 Å². The number of carbonyl (C=O) groups is 2. The van der Waals surface area contributed by atoms with E-state index >= 15 is 0 Å². The fourth-order valence-corrected chi connectivity index (χ4v) is 8.70. The number of aromatic nitrogens is 1. The van der Waals surface area contributed by atoms with Crippen molar-refractivity contribution in [3.63, 3.8) is 0 Å². The predicted octanol–water partition coefficient (Wildman–Crippen LogP) is 3.91. The van der Waals surface area contributed by atoms with Crippen molar-refractivity contribution < 1.29 is 14.7 Å². The molecular formula is C25H33N3O3S. The van der Waals surface area contributed by atoms with Gasteiger partial charge in [0.05, 0.1) is 11.5 Å². The number of carbonyl (C=O) groups excluding carboxylic acids is 1. The number of aliphatic carboxylic acids is 1. The van der Waals surface area contributed by atoms with Gasteiger partial charge in [0.1, 0.15) is 10.8 Å². The molecule has 6 fully saturated rings. The van der Waals surface area contributed by atoms with Crippen molar-refractivity contribution in [3.05, 3.63) is 17.7 Å². The fourth-order valence-electron chi connectivity index (χ4n) is 7.95. The summed E-state index contributed by atoms with van der Waals surface area (Å²) >= 11 is 1.62. The molecule has 32 heavy (non-hydrogen) atoms. The summed E-state index contributed by atoms with van der Waals surface area (Å²) in [5.41, 5.74) is 0.537. The maximum absolute atomic E-state index is 13.3. The predicted molar refractivity (Wildman–Crippen MR) is 124 cm³/mol. The Hall–Kier alpha value is -1.76. The van der Waals surface area contributed by atoms with Gasteiger partial charge in [0.2, 0.25) is 0 Å². The number of carboxylic acids is 1. The summed E-state index contributed by atoms with van der Waals surface area (Å²) in [7, 11) is 0. The maximum Gasteiger partial charge on any atom is 0.307 e. The molecule has 1 aromatic rings. The van der Waals surface area contributed by atoms with E-state index in [2.05, 4.69) is 24.1 Å². The number of hydrogen-bond acceptors (Lipinski definition) is 5. The number of pyridine rings is 1. The molecule has 0 radical (unpaired) electrons. The Kier molecular flexibility index (Phi) is 4.80. The Morgan fingerprint density at radius 3 is 2.44 bits per heavy atom. The first-order valence-electron chi connectivity index (χ1n) is 12.3. The van der Waals surface area contributed by atoms with Crippen molar-refractivity contribution in [2.45, 2.75) is 57.0 Å². The number of fused-ring (bicyclic) bond motifs is 1. The number of thioether (sulfide) groups is 1. The Morgan fingerprint density at radius 2 is 1.88 bits per heavy atom. The largest absolute Gasteiger partial charge is 0.481 e. The highest BCUT2D eigenvalue weighted by Crippen LogP contribution is 2.63. The molecule has 1 amide bonds. The van der Waals surface area contributed by atoms with E-state index < -0.39 is 5.97 Å². The molecule has 6 nitrogen and oxygen atoms in total. The fraction of sp³-hybridized carbons (Fsp3) is 0.720. The highest BCUT2D eigenvalue weighted by molar-refractivity contribution is 7.99. The SMILES string of the molecule is CCSc1nc(N2C[C@@H]3C(C(=O)O)[C@@]3(C)C2)ccc1C(=O)NC1C2CC3CC(C2)CC1C3. The van der Waals surface area contributed by atoms with Crippen LogP contribution in [0.4, 0.5) is 5.82 Å². The molecule has 0 spiro atoms. The van der Waals surface area contributed by atoms with Crippen LogP contribution in [0.1, 0.15) is 56.3 Å². The van der Waals surface area contributed by atoms with Crippen molar-refractivity contribution in [2.24, 2.45) is 40.9 Å². The number of nitrogens with zero attached hydrogens (tertiary/aromatic N) is 2. The average Bonchev–Trinajstić information content (AvgIpc) is 3.17. The summed E-state index contributed by atoms with van der Waals surface area (Å²) in [6.45, 7) is 5.61. The lowest BCUT2D eigenvalue weighted by Gasteiger charge is -2.54. The third kappa shape index (κ3) is 3.17. The molecule has 2 N–H and O–H groups in total. The van der Waals surface area contributed by atoms with E-state index in [9.17, 15) is 14.7 Å². The summed E-state index contributed by atoms with van der Waals surface area (Å²) < 4.78 is 0. The van der Waals surface area contributed by atoms with Gasteiger partial charge in [-0.2, -0.15) is 0 Å². The Balaban J connectivity index is 1.18. The van der Waals surface area contributed by atoms with Gasteiger partial charge in [-0.15, -0.1) is 11.8 Å². The molecular weight excluding hydrogens is 422 g/mol. The summed E-state index contributed by atoms with van der Waals surface area (Å²) in [5, 5.41) is 13.7. The second-order valence-corrected chi connectivity index (χ2v) is 12.4. The highest BCUT2D eigenvalue weighted by atomic mass is 32.2. The van der Waals surface area contributed by atoms with E-state index in [4.69, 9.17) is 4.98 Å². The Labute approximate surface area is 193 Å². The third-order valence-corrected chi connectivity index (χ3v) is 10.2. The number of rotatable bonds is 6. The zero-order valence-electron chi connectivity index (χ0n) is 18.9. The quantitative estimate of drug-likeness (QED) is 0.633. The minimum absolute atomic E-state index is 0.0274. The molecule has 172 valence electrons. The normalized spacial score (nSPS) is 40.9. The number of nitrogens with one attached hydrogen (secondary N) is 1. The Bertz CT molecular complexity index is 940. The summed E-state index contributed by atoms with van der Waals surface area (Å²) in [6, 6.07) is 4.22. The number of carboxylic acid groups (broad SMARTS) is 1. The van der Waals surface area contributed by atoms with Gasteiger partial charge >= 0.3 is 5.97 Å². The smallest absolute Gasteiger partial charge is 0.307 e. The second kappa shape index (κ2) is 7.37. The van der Waals surface area contributed by atoms with Crippen LogP contribution >= 0.6 is 11.8 Å². The minimum Gasteiger partial charge on any atom is -0.481 e. The molecule has 3 atom stereocenters. The van der Waals surface area contributed by atoms with Crippen LogP contribution in [0, 0.1) is 40.9 Å². The van der Waals surface area contributed by atoms with Crippen molar-refractivity contribution in [2.75, 3.05) is 23.7 Å². The van der Waals surface area contributed by atoms with Crippen molar-refractivity contribution in [3.8, 4) is 0 Å². The summed E-state index contributed by atoms with van der Waals surface area (Å²) in [6.07, 6.45) is 6.58. The number of piperidine rings is 1. The average molecular weight is 456 g/mol. The van der Waals surface area contributed by atoms with Crippen LogP contribution < -0.4 is 10.2 Å². The zero-order chi connectivity index (χ0) is 22.2. The van der Waals surface area contributed by atoms with E-state index in [1.807, 2.05) is 12.1 Å². The van der Waals surface area contributed by atoms with Gasteiger partial charge in [0, 0.05) is 24.5 Å². The van der Waals surface area contributed by atoms with Gasteiger partial charge in [-0.3, -0.25) is 9.59 Å². The molecule has 1 aromatic heterocycles. The van der Waals surface area contributed by atoms with E-state index in [1.165, 1.54) is 32.1 Å². The first kappa shape index (κ1) is 20.8. The van der Waals surface area contributed by atoms with Crippen LogP contribution in [0.3, 0.4) is 0 Å². The molecule has 1 saturated heterocycles. The lowest BCUT2D eigenvalue weighted by atomic mass is 9.54. The zero-order valence-corrected chi connectivity index (χ0v) is 19.7. The lowest BCUT2D eigenvalue weighted by molar-refractivity contribution is -0.139. The summed E-state index contributed by atoms with van der Waals surface area (Å²) in [4.78, 5) is 31.9. The van der Waals surface area contributed by atoms with Crippen LogP contribution in [0.15, 0.2) is 17.2 Å². The molecule has 6 aliphatic rings. The minimum atomic E-state index is -0.677. The molecule has 7 rings (SSSR count). The van der Waals surface area contributed by atoms with Gasteiger partial charge < -0.3 is 15.3 Å². The van der Waals surface area contributed by atoms with Crippen molar-refractivity contribution in [1.82, 2.24) is 10.3 Å². The topological polar surface area (TPSA) is 82.5 Å². The van der Waals surface area contributed by atoms with Crippen molar-refractivity contribution >= 4 is 29.5 Å². The first-order chi connectivity index (χ1) is 15.4. The van der Waals surface area contributed by atoms with Gasteiger partial charge in [-0.25, -0.2) is 4.98 Å². The molecule has 5 saturated carbocycles. The number of amides is 1. The second-order valence-electron chi connectivity index (χ2n) is 11.2. The molecule has 4 bridgehead atoms. The van der Waals surface area contributed by atoms with E-state index in [0.29, 0.717) is 23.4 Å². The van der Waals surface area contributed by atoms with Crippen LogP contribution in [0.25, 0.3) is 0 Å². The highest BCUT2D eigenvalue weighted by Gasteiger charge is 2.69. The van der Waals surface area contributed by atoms with Crippen LogP contribution in [-0.4, -0.2) is 46.9 Å². The third-order valence-electron chi connectivity index (χ3n) is 9.29. The Morgan fingerprint density at radius 1 is 1.19 bits per heavy atom. The van der Waals surface area contributed by atoms with Crippen LogP contribution in [0.5, 0.6) is 0 Å². The van der Waals surface area contributed by atoms with E-state index in [-0.39, 0.29) is 23.2 Å². The molecule has 2 heterocycles. The molecule has 1 unspecified atom stereocenters. The standard InChI is InChI=1S/C25H33N3O3S/c1-3-32-23-17(22(29)27-21-15-7-13-6-14(9-15)10-16(21)8-13)4-5-19(26-23)28-11-18-20(24(30)31)25(18,2)12-28/h4-5,13-16,18,20-21H,3,6-12H2,1-2H3,(H,27,29)(H,30,31)/t13?,14?,15?,16?,18-,20?,21?,25+/m1/s1. The van der Waals surface area contributed by atoms with E-state index in [0.717, 1.165) is 41.5 Å². The lowest BCUT2D eigenvalue weighted by Crippen LogP contribution is -2.55. The van der Waals surface area contributed by atoms with Gasteiger partial charge in [-0.1, -0.05) is 13.8 Å². The first-order valence-corrected chi connectivity index (χ1v) is 13.3. The maximum atomic E-state index is 13.3. The van der Waals surface area contributed by atoms with Gasteiger partial charge in [0.15, 0.2) is 0 Å². The van der Waals surface area contributed by atoms with Crippen LogP contribution in [0.2, 0.25) is 0 Å². The van der Waals surface area contributed by atoms with Gasteiger partial charge in [-0.05, 0) is 79.6 Å². The number of anilines is 1. The van der Waals surface area contributed by atoms with E-state index in [1.54, 1.807) is 11.8 Å². The molecule has 5 aliphatic carbocycles. The summed E-state index contributed by atoms with van der Waals surface area (Å²) in [5.74, 6) is 4.15.